The molecule has 6 aromatic carbocycles. The molecule has 1 aliphatic carbocycles. The molecular formula is C51H46. The molecule has 0 saturated heterocycles. The average molecular weight is 659 g/mol. The second kappa shape index (κ2) is 14.3. The number of hydrogen-bond acceptors (Lipinski definition) is 0. The lowest BCUT2D eigenvalue weighted by atomic mass is 9.80. The third-order valence-corrected chi connectivity index (χ3v) is 10.8. The number of benzene rings is 6. The summed E-state index contributed by atoms with van der Waals surface area (Å²) >= 11 is 0. The maximum absolute atomic E-state index is 3.92. The Balaban J connectivity index is 1.08. The van der Waals surface area contributed by atoms with Crippen molar-refractivity contribution in [3.05, 3.63) is 206 Å². The van der Waals surface area contributed by atoms with Crippen LogP contribution in [0.5, 0.6) is 0 Å². The van der Waals surface area contributed by atoms with Gasteiger partial charge in [-0.05, 0) is 115 Å². The summed E-state index contributed by atoms with van der Waals surface area (Å²) in [6.45, 7) is 20.4. The van der Waals surface area contributed by atoms with E-state index in [1.165, 1.54) is 77.9 Å². The average Bonchev–Trinajstić information content (AvgIpc) is 3.41. The monoisotopic (exact) mass is 658 g/mol. The van der Waals surface area contributed by atoms with Crippen LogP contribution >= 0.6 is 0 Å². The SMILES string of the molecule is C=CC(C=C)Cc1ccc(-c2ccc(-c3ccc4c(c3)C(C)(C)c3cc(-c5ccc(-c6ccc(CC(C=C)C=C)cc6)cc5)ccc3-4)cc2)cc1. The molecule has 0 aromatic heterocycles. The standard InChI is InChI=1S/C51H46/c1-7-35(8-2)31-37-11-15-39(16-12-37)41-19-23-43(24-20-41)45-27-29-47-48-30-28-46(34-50(48)51(5,6)49(47)33-45)44-25-21-42(22-26-44)40-17-13-38(14-18-40)32-36(9-3)10-4/h7-30,33-36H,1-4,31-32H2,5-6H3. The summed E-state index contributed by atoms with van der Waals surface area (Å²) in [5, 5.41) is 0. The van der Waals surface area contributed by atoms with Crippen LogP contribution in [-0.2, 0) is 18.3 Å². The summed E-state index contributed by atoms with van der Waals surface area (Å²) in [7, 11) is 0. The maximum Gasteiger partial charge on any atom is 0.0159 e. The van der Waals surface area contributed by atoms with E-state index in [1.54, 1.807) is 0 Å². The maximum atomic E-state index is 3.92. The second-order valence-electron chi connectivity index (χ2n) is 14.4. The molecule has 1 aliphatic rings. The summed E-state index contributed by atoms with van der Waals surface area (Å²) < 4.78 is 0. The predicted molar refractivity (Wildman–Crippen MR) is 221 cm³/mol. The van der Waals surface area contributed by atoms with Gasteiger partial charge in [0.05, 0.1) is 0 Å². The first-order chi connectivity index (χ1) is 24.8. The van der Waals surface area contributed by atoms with Crippen LogP contribution in [0.4, 0.5) is 0 Å². The lowest BCUT2D eigenvalue weighted by Gasteiger charge is -2.22. The highest BCUT2D eigenvalue weighted by molar-refractivity contribution is 5.86. The molecule has 0 radical (unpaired) electrons. The Kier molecular flexibility index (Phi) is 9.44. The first-order valence-corrected chi connectivity index (χ1v) is 18.0. The zero-order valence-electron chi connectivity index (χ0n) is 29.9. The molecule has 0 heteroatoms. The summed E-state index contributed by atoms with van der Waals surface area (Å²) in [5.74, 6) is 0.600. The van der Waals surface area contributed by atoms with Gasteiger partial charge in [-0.25, -0.2) is 0 Å². The Hall–Kier alpha value is -5.72. The van der Waals surface area contributed by atoms with Gasteiger partial charge in [0, 0.05) is 5.41 Å². The molecule has 0 heterocycles. The van der Waals surface area contributed by atoms with Crippen LogP contribution in [-0.4, -0.2) is 0 Å². The molecule has 0 nitrogen and oxygen atoms in total. The van der Waals surface area contributed by atoms with E-state index in [4.69, 9.17) is 0 Å². The molecule has 7 rings (SSSR count). The molecule has 0 fully saturated rings. The van der Waals surface area contributed by atoms with Crippen molar-refractivity contribution in [2.45, 2.75) is 32.1 Å². The molecule has 0 aliphatic heterocycles. The third-order valence-electron chi connectivity index (χ3n) is 10.8. The molecule has 6 aromatic rings. The van der Waals surface area contributed by atoms with Gasteiger partial charge in [-0.1, -0.05) is 159 Å². The van der Waals surface area contributed by atoms with E-state index in [9.17, 15) is 0 Å². The summed E-state index contributed by atoms with van der Waals surface area (Å²) in [4.78, 5) is 0. The van der Waals surface area contributed by atoms with E-state index in [0.717, 1.165) is 12.8 Å². The van der Waals surface area contributed by atoms with Crippen molar-refractivity contribution in [1.29, 1.82) is 0 Å². The molecular weight excluding hydrogens is 613 g/mol. The van der Waals surface area contributed by atoms with Crippen molar-refractivity contribution in [3.8, 4) is 55.6 Å². The van der Waals surface area contributed by atoms with Gasteiger partial charge in [0.2, 0.25) is 0 Å². The minimum Gasteiger partial charge on any atom is -0.102 e. The van der Waals surface area contributed by atoms with Crippen molar-refractivity contribution in [2.24, 2.45) is 11.8 Å². The van der Waals surface area contributed by atoms with Crippen LogP contribution in [0.1, 0.15) is 36.1 Å². The van der Waals surface area contributed by atoms with Crippen LogP contribution < -0.4 is 0 Å². The smallest absolute Gasteiger partial charge is 0.0159 e. The Morgan fingerprint density at radius 3 is 0.941 bits per heavy atom. The van der Waals surface area contributed by atoms with Gasteiger partial charge in [-0.15, -0.1) is 26.3 Å². The van der Waals surface area contributed by atoms with Crippen molar-refractivity contribution >= 4 is 0 Å². The van der Waals surface area contributed by atoms with Crippen molar-refractivity contribution in [2.75, 3.05) is 0 Å². The lowest BCUT2D eigenvalue weighted by Crippen LogP contribution is -2.15. The third kappa shape index (κ3) is 6.75. The van der Waals surface area contributed by atoms with Gasteiger partial charge in [-0.3, -0.25) is 0 Å². The van der Waals surface area contributed by atoms with Gasteiger partial charge < -0.3 is 0 Å². The van der Waals surface area contributed by atoms with E-state index in [2.05, 4.69) is 174 Å². The van der Waals surface area contributed by atoms with E-state index in [0.29, 0.717) is 11.8 Å². The fourth-order valence-electron chi connectivity index (χ4n) is 7.54. The largest absolute Gasteiger partial charge is 0.102 e. The molecule has 0 saturated carbocycles. The minimum absolute atomic E-state index is 0.105. The predicted octanol–water partition coefficient (Wildman–Crippen LogP) is 13.7. The van der Waals surface area contributed by atoms with E-state index in [1.807, 2.05) is 24.3 Å². The van der Waals surface area contributed by atoms with Crippen molar-refractivity contribution in [3.63, 3.8) is 0 Å². The normalized spacial score (nSPS) is 12.7. The van der Waals surface area contributed by atoms with Crippen molar-refractivity contribution < 1.29 is 0 Å². The molecule has 0 N–H and O–H groups in total. The van der Waals surface area contributed by atoms with Crippen LogP contribution in [0.3, 0.4) is 0 Å². The molecule has 0 amide bonds. The van der Waals surface area contributed by atoms with Gasteiger partial charge in [0.25, 0.3) is 0 Å². The zero-order chi connectivity index (χ0) is 35.5. The molecule has 0 atom stereocenters. The highest BCUT2D eigenvalue weighted by Gasteiger charge is 2.35. The topological polar surface area (TPSA) is 0 Å². The summed E-state index contributed by atoms with van der Waals surface area (Å²) in [6.07, 6.45) is 9.71. The molecule has 0 spiro atoms. The van der Waals surface area contributed by atoms with Gasteiger partial charge in [0.1, 0.15) is 0 Å². The number of allylic oxidation sites excluding steroid dienone is 4. The van der Waals surface area contributed by atoms with Gasteiger partial charge >= 0.3 is 0 Å². The van der Waals surface area contributed by atoms with Gasteiger partial charge in [-0.2, -0.15) is 0 Å². The fraction of sp³-hybridized carbons (Fsp3) is 0.137. The molecule has 0 bridgehead atoms. The van der Waals surface area contributed by atoms with Gasteiger partial charge in [0.15, 0.2) is 0 Å². The number of rotatable bonds is 12. The molecule has 51 heavy (non-hydrogen) atoms. The molecule has 250 valence electrons. The first kappa shape index (κ1) is 33.8. The lowest BCUT2D eigenvalue weighted by molar-refractivity contribution is 0.661. The minimum atomic E-state index is -0.105. The Morgan fingerprint density at radius 2 is 0.647 bits per heavy atom. The highest BCUT2D eigenvalue weighted by Crippen LogP contribution is 2.50. The Labute approximate surface area is 304 Å². The zero-order valence-corrected chi connectivity index (χ0v) is 29.9. The van der Waals surface area contributed by atoms with E-state index < -0.39 is 0 Å². The summed E-state index contributed by atoms with van der Waals surface area (Å²) in [5.41, 5.74) is 17.8. The molecule has 0 unspecified atom stereocenters. The fourth-order valence-corrected chi connectivity index (χ4v) is 7.54. The van der Waals surface area contributed by atoms with Crippen LogP contribution in [0.15, 0.2) is 184 Å². The van der Waals surface area contributed by atoms with Crippen LogP contribution in [0.2, 0.25) is 0 Å². The number of fused-ring (bicyclic) bond motifs is 3. The van der Waals surface area contributed by atoms with Crippen molar-refractivity contribution in [1.82, 2.24) is 0 Å². The summed E-state index contributed by atoms with van der Waals surface area (Å²) in [6, 6.07) is 49.7. The highest BCUT2D eigenvalue weighted by atomic mass is 14.4. The van der Waals surface area contributed by atoms with Crippen LogP contribution in [0, 0.1) is 11.8 Å². The first-order valence-electron chi connectivity index (χ1n) is 18.0. The quantitative estimate of drug-likeness (QED) is 0.115. The van der Waals surface area contributed by atoms with E-state index >= 15 is 0 Å². The van der Waals surface area contributed by atoms with E-state index in [-0.39, 0.29) is 5.41 Å². The Morgan fingerprint density at radius 1 is 0.392 bits per heavy atom. The van der Waals surface area contributed by atoms with Crippen LogP contribution in [0.25, 0.3) is 55.6 Å². The number of hydrogen-bond donors (Lipinski definition) is 0. The Bertz CT molecular complexity index is 2030. The second-order valence-corrected chi connectivity index (χ2v) is 14.4.